The Kier molecular flexibility index (Phi) is 5.36. The molecule has 0 spiro atoms. The van der Waals surface area contributed by atoms with Crippen LogP contribution < -0.4 is 0 Å². The van der Waals surface area contributed by atoms with Crippen LogP contribution in [0, 0.1) is 0 Å². The average molecular weight is 299 g/mol. The average Bonchev–Trinajstić information content (AvgIpc) is 2.47. The monoisotopic (exact) mass is 299 g/mol. The lowest BCUT2D eigenvalue weighted by atomic mass is 10.1. The second-order valence-electron chi connectivity index (χ2n) is 5.76. The van der Waals surface area contributed by atoms with Gasteiger partial charge >= 0.3 is 0 Å². The summed E-state index contributed by atoms with van der Waals surface area (Å²) in [6, 6.07) is 12.1. The molecule has 110 valence electrons. The van der Waals surface area contributed by atoms with E-state index in [0.29, 0.717) is 6.54 Å². The quantitative estimate of drug-likeness (QED) is 0.606. The van der Waals surface area contributed by atoms with Crippen LogP contribution in [-0.4, -0.2) is 31.0 Å². The number of hydrogen-bond acceptors (Lipinski definition) is 4. The molecule has 0 bridgehead atoms. The fourth-order valence-electron chi connectivity index (χ4n) is 1.92. The molecule has 1 aromatic carbocycles. The Labute approximate surface area is 127 Å². The van der Waals surface area contributed by atoms with Crippen LogP contribution in [0.3, 0.4) is 0 Å². The second kappa shape index (κ2) is 7.24. The summed E-state index contributed by atoms with van der Waals surface area (Å²) < 4.78 is 6.25. The molecule has 2 aromatic rings. The Morgan fingerprint density at radius 3 is 2.57 bits per heavy atom. The molecule has 0 saturated heterocycles. The van der Waals surface area contributed by atoms with Crippen molar-refractivity contribution in [2.75, 3.05) is 6.54 Å². The molecule has 1 aromatic heterocycles. The van der Waals surface area contributed by atoms with E-state index < -0.39 is 8.32 Å². The molecule has 1 unspecified atom stereocenters. The summed E-state index contributed by atoms with van der Waals surface area (Å²) in [6.45, 7) is 7.17. The van der Waals surface area contributed by atoms with Crippen LogP contribution in [0.1, 0.15) is 17.4 Å². The van der Waals surface area contributed by atoms with Gasteiger partial charge in [0, 0.05) is 12.4 Å². The van der Waals surface area contributed by atoms with Crippen LogP contribution in [0.2, 0.25) is 19.6 Å². The summed E-state index contributed by atoms with van der Waals surface area (Å²) in [5, 5.41) is 0. The summed E-state index contributed by atoms with van der Waals surface area (Å²) in [5.41, 5.74) is 1.98. The van der Waals surface area contributed by atoms with Gasteiger partial charge in [0.2, 0.25) is 0 Å². The fraction of sp³-hybridized carbons (Fsp3) is 0.312. The molecular weight excluding hydrogens is 278 g/mol. The summed E-state index contributed by atoms with van der Waals surface area (Å²) >= 11 is 0. The minimum Gasteiger partial charge on any atom is -0.409 e. The van der Waals surface area contributed by atoms with Crippen molar-refractivity contribution in [1.29, 1.82) is 0 Å². The molecule has 0 aliphatic rings. The molecule has 0 amide bonds. The van der Waals surface area contributed by atoms with Crippen LogP contribution >= 0.6 is 0 Å². The van der Waals surface area contributed by atoms with Gasteiger partial charge in [0.05, 0.1) is 18.3 Å². The molecule has 0 N–H and O–H groups in total. The molecule has 0 saturated carbocycles. The first-order valence-electron chi connectivity index (χ1n) is 7.03. The largest absolute Gasteiger partial charge is 0.409 e. The number of benzene rings is 1. The van der Waals surface area contributed by atoms with Crippen molar-refractivity contribution in [3.05, 3.63) is 60.2 Å². The second-order valence-corrected chi connectivity index (χ2v) is 10.2. The summed E-state index contributed by atoms with van der Waals surface area (Å²) in [7, 11) is -1.63. The van der Waals surface area contributed by atoms with E-state index in [2.05, 4.69) is 46.7 Å². The van der Waals surface area contributed by atoms with Gasteiger partial charge in [-0.25, -0.2) is 9.97 Å². The maximum absolute atomic E-state index is 6.25. The number of aliphatic imine (C=N–C) groups is 1. The van der Waals surface area contributed by atoms with E-state index in [-0.39, 0.29) is 6.10 Å². The standard InChI is InChI=1S/C16H21N3OSi/c1-21(2,3)20-16(14-7-5-4-6-8-14)12-18-11-15-9-10-17-13-19-15/h4-11,13,16H,12H2,1-3H3. The van der Waals surface area contributed by atoms with Gasteiger partial charge in [0.15, 0.2) is 8.32 Å². The lowest BCUT2D eigenvalue weighted by Gasteiger charge is -2.25. The third-order valence-corrected chi connectivity index (χ3v) is 3.76. The van der Waals surface area contributed by atoms with E-state index >= 15 is 0 Å². The Balaban J connectivity index is 2.08. The Morgan fingerprint density at radius 1 is 1.19 bits per heavy atom. The zero-order valence-corrected chi connectivity index (χ0v) is 13.7. The summed E-state index contributed by atoms with van der Waals surface area (Å²) in [6.07, 6.45) is 5.00. The first-order chi connectivity index (χ1) is 10.0. The highest BCUT2D eigenvalue weighted by atomic mass is 28.4. The molecule has 1 heterocycles. The first-order valence-corrected chi connectivity index (χ1v) is 10.4. The van der Waals surface area contributed by atoms with Crippen LogP contribution in [-0.2, 0) is 4.43 Å². The van der Waals surface area contributed by atoms with E-state index in [4.69, 9.17) is 4.43 Å². The molecule has 4 nitrogen and oxygen atoms in total. The van der Waals surface area contributed by atoms with Gasteiger partial charge in [0.25, 0.3) is 0 Å². The number of rotatable bonds is 6. The van der Waals surface area contributed by atoms with E-state index in [9.17, 15) is 0 Å². The van der Waals surface area contributed by atoms with Gasteiger partial charge in [-0.05, 0) is 31.3 Å². The molecular formula is C16H21N3OSi. The van der Waals surface area contributed by atoms with Crippen LogP contribution in [0.5, 0.6) is 0 Å². The number of aromatic nitrogens is 2. The van der Waals surface area contributed by atoms with Crippen molar-refractivity contribution < 1.29 is 4.43 Å². The summed E-state index contributed by atoms with van der Waals surface area (Å²) in [5.74, 6) is 0. The van der Waals surface area contributed by atoms with E-state index in [1.54, 1.807) is 12.4 Å². The maximum Gasteiger partial charge on any atom is 0.184 e. The molecule has 0 radical (unpaired) electrons. The van der Waals surface area contributed by atoms with Crippen molar-refractivity contribution >= 4 is 14.5 Å². The first kappa shape index (κ1) is 15.5. The Morgan fingerprint density at radius 2 is 1.95 bits per heavy atom. The fourth-order valence-corrected chi connectivity index (χ4v) is 2.99. The van der Waals surface area contributed by atoms with Gasteiger partial charge in [-0.3, -0.25) is 4.99 Å². The van der Waals surface area contributed by atoms with E-state index in [0.717, 1.165) is 5.69 Å². The van der Waals surface area contributed by atoms with Gasteiger partial charge < -0.3 is 4.43 Å². The lowest BCUT2D eigenvalue weighted by Crippen LogP contribution is -2.29. The highest BCUT2D eigenvalue weighted by Crippen LogP contribution is 2.22. The number of hydrogen-bond donors (Lipinski definition) is 0. The normalized spacial score (nSPS) is 13.5. The molecule has 0 fully saturated rings. The highest BCUT2D eigenvalue weighted by Gasteiger charge is 2.21. The smallest absolute Gasteiger partial charge is 0.184 e. The Bertz CT molecular complexity index is 567. The predicted octanol–water partition coefficient (Wildman–Crippen LogP) is 3.49. The SMILES string of the molecule is C[Si](C)(C)OC(CN=Cc1ccncn1)c1ccccc1. The molecule has 21 heavy (non-hydrogen) atoms. The third kappa shape index (κ3) is 5.57. The summed E-state index contributed by atoms with van der Waals surface area (Å²) in [4.78, 5) is 12.5. The maximum atomic E-state index is 6.25. The third-order valence-electron chi connectivity index (χ3n) is 2.77. The molecule has 0 aliphatic heterocycles. The minimum atomic E-state index is -1.63. The van der Waals surface area contributed by atoms with E-state index in [1.807, 2.05) is 24.3 Å². The van der Waals surface area contributed by atoms with Gasteiger partial charge in [0.1, 0.15) is 6.33 Å². The Hall–Kier alpha value is -1.85. The molecule has 1 atom stereocenters. The van der Waals surface area contributed by atoms with Crippen molar-refractivity contribution in [2.24, 2.45) is 4.99 Å². The van der Waals surface area contributed by atoms with Gasteiger partial charge in [-0.2, -0.15) is 0 Å². The minimum absolute atomic E-state index is 0.00375. The number of nitrogens with zero attached hydrogens (tertiary/aromatic N) is 3. The van der Waals surface area contributed by atoms with Crippen molar-refractivity contribution in [2.45, 2.75) is 25.7 Å². The molecule has 0 aliphatic carbocycles. The van der Waals surface area contributed by atoms with Gasteiger partial charge in [-0.15, -0.1) is 0 Å². The zero-order chi connectivity index (χ0) is 15.1. The topological polar surface area (TPSA) is 47.4 Å². The van der Waals surface area contributed by atoms with Crippen LogP contribution in [0.15, 0.2) is 53.9 Å². The van der Waals surface area contributed by atoms with Gasteiger partial charge in [-0.1, -0.05) is 30.3 Å². The van der Waals surface area contributed by atoms with Crippen LogP contribution in [0.4, 0.5) is 0 Å². The highest BCUT2D eigenvalue weighted by molar-refractivity contribution is 6.69. The van der Waals surface area contributed by atoms with E-state index in [1.165, 1.54) is 11.9 Å². The zero-order valence-electron chi connectivity index (χ0n) is 12.7. The molecule has 5 heteroatoms. The predicted molar refractivity (Wildman–Crippen MR) is 88.1 cm³/mol. The molecule has 2 rings (SSSR count). The van der Waals surface area contributed by atoms with Crippen LogP contribution in [0.25, 0.3) is 0 Å². The van der Waals surface area contributed by atoms with Crippen molar-refractivity contribution in [1.82, 2.24) is 9.97 Å². The van der Waals surface area contributed by atoms with Crippen molar-refractivity contribution in [3.63, 3.8) is 0 Å². The van der Waals surface area contributed by atoms with Crippen molar-refractivity contribution in [3.8, 4) is 0 Å². The lowest BCUT2D eigenvalue weighted by molar-refractivity contribution is 0.207.